The Morgan fingerprint density at radius 1 is 1.38 bits per heavy atom. The summed E-state index contributed by atoms with van der Waals surface area (Å²) in [5, 5.41) is 14.7. The largest absolute Gasteiger partial charge is 0.365 e. The summed E-state index contributed by atoms with van der Waals surface area (Å²) in [5.74, 6) is 0.169. The molecule has 2 rings (SSSR count). The van der Waals surface area contributed by atoms with Crippen molar-refractivity contribution >= 4 is 24.1 Å². The number of nitrogen functional groups attached to an aromatic ring is 1. The minimum atomic E-state index is -0.363. The van der Waals surface area contributed by atoms with Gasteiger partial charge < -0.3 is 5.73 Å². The number of benzene rings is 1. The van der Waals surface area contributed by atoms with Gasteiger partial charge in [-0.3, -0.25) is 4.79 Å². The van der Waals surface area contributed by atoms with E-state index in [4.69, 9.17) is 5.73 Å². The zero-order valence-corrected chi connectivity index (χ0v) is 14.0. The van der Waals surface area contributed by atoms with Crippen molar-refractivity contribution in [1.82, 2.24) is 25.6 Å². The number of hydrazone groups is 1. The predicted octanol–water partition coefficient (Wildman–Crippen LogP) is 1.58. The Hall–Kier alpha value is -3.03. The molecule has 0 aliphatic heterocycles. The number of hydrogen-bond acceptors (Lipinski definition) is 6. The molecule has 0 aliphatic rings. The van der Waals surface area contributed by atoms with Crippen LogP contribution in [0.2, 0.25) is 0 Å². The molecule has 2 aromatic rings. The van der Waals surface area contributed by atoms with Gasteiger partial charge in [-0.2, -0.15) is 9.90 Å². The van der Waals surface area contributed by atoms with E-state index in [-0.39, 0.29) is 18.4 Å². The number of nitrogens with one attached hydrogen (secondary N) is 1. The average Bonchev–Trinajstić information content (AvgIpc) is 2.92. The molecule has 8 nitrogen and oxygen atoms in total. The summed E-state index contributed by atoms with van der Waals surface area (Å²) in [6.07, 6.45) is 3.57. The number of rotatable bonds is 6. The van der Waals surface area contributed by atoms with E-state index in [1.807, 2.05) is 13.0 Å². The highest BCUT2D eigenvalue weighted by Crippen LogP contribution is 2.15. The van der Waals surface area contributed by atoms with Crippen molar-refractivity contribution in [2.24, 2.45) is 5.10 Å². The molecular weight excluding hydrogens is 306 g/mol. The molecule has 0 saturated heterocycles. The number of anilines is 1. The first kappa shape index (κ1) is 17.3. The Morgan fingerprint density at radius 3 is 2.67 bits per heavy atom. The first-order valence-electron chi connectivity index (χ1n) is 7.57. The molecule has 8 heteroatoms. The van der Waals surface area contributed by atoms with Crippen molar-refractivity contribution < 1.29 is 4.79 Å². The fourth-order valence-electron chi connectivity index (χ4n) is 1.97. The smallest absolute Gasteiger partial charge is 0.263 e. The summed E-state index contributed by atoms with van der Waals surface area (Å²) in [7, 11) is 0. The van der Waals surface area contributed by atoms with Crippen molar-refractivity contribution in [3.63, 3.8) is 0 Å². The highest BCUT2D eigenvalue weighted by molar-refractivity contribution is 5.86. The van der Waals surface area contributed by atoms with Crippen LogP contribution in [0.25, 0.3) is 6.08 Å². The molecule has 0 radical (unpaired) electrons. The third-order valence-corrected chi connectivity index (χ3v) is 3.21. The summed E-state index contributed by atoms with van der Waals surface area (Å²) < 4.78 is 0. The topological polar surface area (TPSA) is 111 Å². The maximum absolute atomic E-state index is 11.6. The van der Waals surface area contributed by atoms with E-state index in [0.29, 0.717) is 5.92 Å². The molecular formula is C16H21N7O. The zero-order valence-electron chi connectivity index (χ0n) is 14.0. The van der Waals surface area contributed by atoms with Gasteiger partial charge in [0.05, 0.1) is 6.21 Å². The van der Waals surface area contributed by atoms with E-state index in [1.165, 1.54) is 5.56 Å². The highest BCUT2D eigenvalue weighted by atomic mass is 16.2. The first-order chi connectivity index (χ1) is 11.4. The molecule has 3 N–H and O–H groups in total. The van der Waals surface area contributed by atoms with Crippen LogP contribution in [0.1, 0.15) is 37.8 Å². The maximum atomic E-state index is 11.6. The standard InChI is InChI=1S/C16H21N7O/c1-11(2)14-6-4-13(5-7-14)8-12(3)9-18-19-15(24)10-23-21-16(17)20-22-23/h4-9,11H,10H2,1-3H3,(H2,17,21)(H,19,24). The van der Waals surface area contributed by atoms with Gasteiger partial charge in [-0.05, 0) is 34.8 Å². The van der Waals surface area contributed by atoms with E-state index in [1.54, 1.807) is 6.21 Å². The lowest BCUT2D eigenvalue weighted by atomic mass is 10.0. The SMILES string of the molecule is CC(C=NNC(=O)Cn1nnc(N)n1)=Cc1ccc(C(C)C)cc1. The molecule has 0 saturated carbocycles. The number of nitrogens with two attached hydrogens (primary N) is 1. The molecule has 1 heterocycles. The fraction of sp³-hybridized carbons (Fsp3) is 0.312. The molecule has 0 bridgehead atoms. The Bertz CT molecular complexity index is 744. The van der Waals surface area contributed by atoms with Gasteiger partial charge in [-0.15, -0.1) is 5.10 Å². The van der Waals surface area contributed by atoms with Gasteiger partial charge in [-0.1, -0.05) is 49.3 Å². The maximum Gasteiger partial charge on any atom is 0.263 e. The minimum absolute atomic E-state index is 0.0218. The second-order valence-corrected chi connectivity index (χ2v) is 5.68. The van der Waals surface area contributed by atoms with Gasteiger partial charge in [0.1, 0.15) is 6.54 Å². The summed E-state index contributed by atoms with van der Waals surface area (Å²) >= 11 is 0. The number of tetrazole rings is 1. The molecule has 0 aliphatic carbocycles. The second kappa shape index (κ2) is 8.00. The molecule has 0 spiro atoms. The summed E-state index contributed by atoms with van der Waals surface area (Å²) in [5.41, 5.74) is 11.0. The average molecular weight is 327 g/mol. The van der Waals surface area contributed by atoms with Gasteiger partial charge in [0.25, 0.3) is 11.9 Å². The monoisotopic (exact) mass is 327 g/mol. The van der Waals surface area contributed by atoms with Crippen LogP contribution in [-0.4, -0.2) is 32.3 Å². The van der Waals surface area contributed by atoms with Crippen LogP contribution < -0.4 is 11.2 Å². The summed E-state index contributed by atoms with van der Waals surface area (Å²) in [4.78, 5) is 12.7. The number of amides is 1. The second-order valence-electron chi connectivity index (χ2n) is 5.68. The normalized spacial score (nSPS) is 12.1. The molecule has 24 heavy (non-hydrogen) atoms. The van der Waals surface area contributed by atoms with Crippen LogP contribution in [-0.2, 0) is 11.3 Å². The van der Waals surface area contributed by atoms with E-state index >= 15 is 0 Å². The Balaban J connectivity index is 1.87. The Labute approximate surface area is 140 Å². The van der Waals surface area contributed by atoms with Gasteiger partial charge in [0, 0.05) is 0 Å². The quantitative estimate of drug-likeness (QED) is 0.618. The Morgan fingerprint density at radius 2 is 2.08 bits per heavy atom. The molecule has 1 aromatic carbocycles. The molecule has 126 valence electrons. The van der Waals surface area contributed by atoms with Crippen LogP contribution >= 0.6 is 0 Å². The number of carbonyl (C=O) groups excluding carboxylic acids is 1. The van der Waals surface area contributed by atoms with Crippen LogP contribution in [0, 0.1) is 0 Å². The lowest BCUT2D eigenvalue weighted by Gasteiger charge is -2.05. The van der Waals surface area contributed by atoms with Crippen molar-refractivity contribution in [2.75, 3.05) is 5.73 Å². The third-order valence-electron chi connectivity index (χ3n) is 3.21. The van der Waals surface area contributed by atoms with Crippen LogP contribution in [0.3, 0.4) is 0 Å². The number of nitrogens with zero attached hydrogens (tertiary/aromatic N) is 5. The van der Waals surface area contributed by atoms with E-state index < -0.39 is 0 Å². The van der Waals surface area contributed by atoms with Crippen LogP contribution in [0.5, 0.6) is 0 Å². The van der Waals surface area contributed by atoms with Crippen LogP contribution in [0.15, 0.2) is 34.9 Å². The highest BCUT2D eigenvalue weighted by Gasteiger charge is 2.04. The summed E-state index contributed by atoms with van der Waals surface area (Å²) in [6, 6.07) is 8.34. The summed E-state index contributed by atoms with van der Waals surface area (Å²) in [6.45, 7) is 6.13. The fourth-order valence-corrected chi connectivity index (χ4v) is 1.97. The molecule has 1 amide bonds. The minimum Gasteiger partial charge on any atom is -0.365 e. The van der Waals surface area contributed by atoms with Gasteiger partial charge in [0.2, 0.25) is 0 Å². The van der Waals surface area contributed by atoms with Crippen molar-refractivity contribution in [3.05, 3.63) is 41.0 Å². The van der Waals surface area contributed by atoms with Crippen molar-refractivity contribution in [3.8, 4) is 0 Å². The number of carbonyl (C=O) groups is 1. The van der Waals surface area contributed by atoms with E-state index in [0.717, 1.165) is 15.9 Å². The first-order valence-corrected chi connectivity index (χ1v) is 7.57. The van der Waals surface area contributed by atoms with E-state index in [9.17, 15) is 4.79 Å². The van der Waals surface area contributed by atoms with Gasteiger partial charge in [-0.25, -0.2) is 5.43 Å². The third kappa shape index (κ3) is 5.31. The van der Waals surface area contributed by atoms with Crippen molar-refractivity contribution in [1.29, 1.82) is 0 Å². The van der Waals surface area contributed by atoms with Gasteiger partial charge in [0.15, 0.2) is 0 Å². The van der Waals surface area contributed by atoms with Gasteiger partial charge >= 0.3 is 0 Å². The van der Waals surface area contributed by atoms with E-state index in [2.05, 4.69) is 64.1 Å². The Kier molecular flexibility index (Phi) is 5.78. The predicted molar refractivity (Wildman–Crippen MR) is 93.0 cm³/mol. The molecule has 0 atom stereocenters. The molecule has 0 unspecified atom stereocenters. The molecule has 0 fully saturated rings. The van der Waals surface area contributed by atoms with Crippen LogP contribution in [0.4, 0.5) is 5.95 Å². The lowest BCUT2D eigenvalue weighted by molar-refractivity contribution is -0.122. The number of aromatic nitrogens is 4. The molecule has 1 aromatic heterocycles. The van der Waals surface area contributed by atoms with Crippen molar-refractivity contribution in [2.45, 2.75) is 33.2 Å². The zero-order chi connectivity index (χ0) is 17.5. The number of hydrogen-bond donors (Lipinski definition) is 2. The lowest BCUT2D eigenvalue weighted by Crippen LogP contribution is -2.24. The number of allylic oxidation sites excluding steroid dienone is 1.